The Labute approximate surface area is 129 Å². The summed E-state index contributed by atoms with van der Waals surface area (Å²) in [5, 5.41) is 0. The van der Waals surface area contributed by atoms with Crippen LogP contribution in [0.5, 0.6) is 5.75 Å². The van der Waals surface area contributed by atoms with Crippen molar-refractivity contribution in [2.45, 2.75) is 29.8 Å². The van der Waals surface area contributed by atoms with E-state index in [0.29, 0.717) is 13.2 Å². The first kappa shape index (κ1) is 16.5. The highest BCUT2D eigenvalue weighted by atomic mass is 35.7. The van der Waals surface area contributed by atoms with E-state index >= 15 is 0 Å². The summed E-state index contributed by atoms with van der Waals surface area (Å²) in [6, 6.07) is 5.12. The Kier molecular flexibility index (Phi) is 5.48. The van der Waals surface area contributed by atoms with Gasteiger partial charge in [0, 0.05) is 24.4 Å². The zero-order valence-electron chi connectivity index (χ0n) is 12.0. The largest absolute Gasteiger partial charge is 0.495 e. The van der Waals surface area contributed by atoms with E-state index in [1.165, 1.54) is 7.11 Å². The molecule has 0 N–H and O–H groups in total. The van der Waals surface area contributed by atoms with E-state index in [-0.39, 0.29) is 22.7 Å². The monoisotopic (exact) mass is 334 g/mol. The van der Waals surface area contributed by atoms with Crippen molar-refractivity contribution in [1.82, 2.24) is 0 Å². The summed E-state index contributed by atoms with van der Waals surface area (Å²) >= 11 is 0. The molecule has 1 saturated heterocycles. The molecule has 1 aliphatic heterocycles. The van der Waals surface area contributed by atoms with Crippen molar-refractivity contribution >= 4 is 19.7 Å². The second-order valence-electron chi connectivity index (χ2n) is 5.02. The number of hydrogen-bond acceptors (Lipinski definition) is 5. The summed E-state index contributed by atoms with van der Waals surface area (Å²) in [4.78, 5) is 0.0129. The van der Waals surface area contributed by atoms with Crippen LogP contribution in [-0.4, -0.2) is 42.0 Å². The van der Waals surface area contributed by atoms with E-state index in [1.54, 1.807) is 19.2 Å². The van der Waals surface area contributed by atoms with Crippen molar-refractivity contribution in [3.05, 3.63) is 23.8 Å². The lowest BCUT2D eigenvalue weighted by Crippen LogP contribution is -2.28. The number of benzene rings is 1. The van der Waals surface area contributed by atoms with Gasteiger partial charge in [0.1, 0.15) is 10.6 Å². The summed E-state index contributed by atoms with van der Waals surface area (Å²) in [5.41, 5.74) is 0.930. The van der Waals surface area contributed by atoms with Gasteiger partial charge in [0.25, 0.3) is 9.05 Å². The van der Waals surface area contributed by atoms with E-state index in [0.717, 1.165) is 18.4 Å². The fourth-order valence-electron chi connectivity index (χ4n) is 2.62. The first-order chi connectivity index (χ1) is 9.95. The van der Waals surface area contributed by atoms with Crippen LogP contribution >= 0.6 is 10.7 Å². The maximum atomic E-state index is 11.7. The summed E-state index contributed by atoms with van der Waals surface area (Å²) < 4.78 is 39.1. The van der Waals surface area contributed by atoms with Crippen LogP contribution in [0.4, 0.5) is 0 Å². The van der Waals surface area contributed by atoms with Crippen molar-refractivity contribution in [2.24, 2.45) is 0 Å². The van der Waals surface area contributed by atoms with Gasteiger partial charge in [-0.1, -0.05) is 6.07 Å². The van der Waals surface area contributed by atoms with E-state index in [2.05, 4.69) is 0 Å². The highest BCUT2D eigenvalue weighted by Gasteiger charge is 2.26. The smallest absolute Gasteiger partial charge is 0.264 e. The minimum Gasteiger partial charge on any atom is -0.495 e. The molecule has 7 heteroatoms. The third-order valence-corrected chi connectivity index (χ3v) is 4.98. The number of ether oxygens (including phenoxy) is 3. The molecule has 0 saturated carbocycles. The molecule has 1 aromatic rings. The molecule has 5 nitrogen and oxygen atoms in total. The Morgan fingerprint density at radius 3 is 2.76 bits per heavy atom. The standard InChI is InChI=1S/C14H19ClO5S/c1-18-9-12-7-11(5-6-20-12)10-3-4-13(19-2)14(8-10)21(15,16)17/h3-4,8,11-12H,5-7,9H2,1-2H3. The first-order valence-corrected chi connectivity index (χ1v) is 8.99. The molecule has 21 heavy (non-hydrogen) atoms. The molecule has 1 heterocycles. The van der Waals surface area contributed by atoms with Gasteiger partial charge in [-0.25, -0.2) is 8.42 Å². The van der Waals surface area contributed by atoms with Gasteiger partial charge in [0.15, 0.2) is 0 Å². The van der Waals surface area contributed by atoms with Gasteiger partial charge in [-0.15, -0.1) is 0 Å². The quantitative estimate of drug-likeness (QED) is 0.774. The Morgan fingerprint density at radius 1 is 1.38 bits per heavy atom. The third-order valence-electron chi connectivity index (χ3n) is 3.64. The van der Waals surface area contributed by atoms with Gasteiger partial charge in [-0.2, -0.15) is 0 Å². The van der Waals surface area contributed by atoms with Gasteiger partial charge in [0.05, 0.1) is 19.8 Å². The highest BCUT2D eigenvalue weighted by Crippen LogP contribution is 2.35. The molecule has 0 bridgehead atoms. The highest BCUT2D eigenvalue weighted by molar-refractivity contribution is 8.13. The van der Waals surface area contributed by atoms with Crippen LogP contribution < -0.4 is 4.74 Å². The predicted octanol–water partition coefficient (Wildman–Crippen LogP) is 2.53. The van der Waals surface area contributed by atoms with E-state index < -0.39 is 9.05 Å². The van der Waals surface area contributed by atoms with Crippen LogP contribution in [0.1, 0.15) is 24.3 Å². The SMILES string of the molecule is COCC1CC(c2ccc(OC)c(S(=O)(=O)Cl)c2)CCO1. The average molecular weight is 335 g/mol. The normalized spacial score (nSPS) is 23.0. The van der Waals surface area contributed by atoms with Crippen molar-refractivity contribution < 1.29 is 22.6 Å². The van der Waals surface area contributed by atoms with Gasteiger partial charge < -0.3 is 14.2 Å². The maximum Gasteiger partial charge on any atom is 0.264 e. The van der Waals surface area contributed by atoms with Gasteiger partial charge in [-0.3, -0.25) is 0 Å². The minimum absolute atomic E-state index is 0.0129. The molecule has 1 aromatic carbocycles. The van der Waals surface area contributed by atoms with Crippen molar-refractivity contribution in [1.29, 1.82) is 0 Å². The van der Waals surface area contributed by atoms with Gasteiger partial charge >= 0.3 is 0 Å². The topological polar surface area (TPSA) is 61.8 Å². The second kappa shape index (κ2) is 6.96. The Bertz CT molecular complexity index is 585. The molecule has 0 radical (unpaired) electrons. The van der Waals surface area contributed by atoms with E-state index in [1.807, 2.05) is 6.07 Å². The van der Waals surface area contributed by atoms with E-state index in [9.17, 15) is 8.42 Å². The summed E-state index contributed by atoms with van der Waals surface area (Å²) in [7, 11) is 4.70. The lowest BCUT2D eigenvalue weighted by Gasteiger charge is -2.29. The van der Waals surface area contributed by atoms with Crippen LogP contribution in [-0.2, 0) is 18.5 Å². The third kappa shape index (κ3) is 4.10. The van der Waals surface area contributed by atoms with Gasteiger partial charge in [0.2, 0.25) is 0 Å². The average Bonchev–Trinajstić information content (AvgIpc) is 2.46. The Hall–Kier alpha value is -0.820. The predicted molar refractivity (Wildman–Crippen MR) is 79.6 cm³/mol. The number of rotatable bonds is 5. The molecule has 2 atom stereocenters. The number of hydrogen-bond donors (Lipinski definition) is 0. The summed E-state index contributed by atoms with van der Waals surface area (Å²) in [6.45, 7) is 1.17. The molecule has 1 aliphatic rings. The summed E-state index contributed by atoms with van der Waals surface area (Å²) in [5.74, 6) is 0.483. The van der Waals surface area contributed by atoms with Crippen LogP contribution in [0, 0.1) is 0 Å². The molecule has 0 spiro atoms. The minimum atomic E-state index is -3.84. The molecular weight excluding hydrogens is 316 g/mol. The fourth-order valence-corrected chi connectivity index (χ4v) is 3.65. The maximum absolute atomic E-state index is 11.7. The lowest BCUT2D eigenvalue weighted by atomic mass is 9.89. The molecule has 0 aliphatic carbocycles. The molecule has 118 valence electrons. The van der Waals surface area contributed by atoms with Crippen LogP contribution in [0.3, 0.4) is 0 Å². The molecule has 2 rings (SSSR count). The molecule has 0 aromatic heterocycles. The number of methoxy groups -OCH3 is 2. The number of halogens is 1. The summed E-state index contributed by atoms with van der Waals surface area (Å²) in [6.07, 6.45) is 1.67. The molecule has 1 fully saturated rings. The van der Waals surface area contributed by atoms with Crippen molar-refractivity contribution in [2.75, 3.05) is 27.4 Å². The lowest BCUT2D eigenvalue weighted by molar-refractivity contribution is -0.0359. The Balaban J connectivity index is 2.28. The molecule has 0 amide bonds. The zero-order valence-corrected chi connectivity index (χ0v) is 13.6. The second-order valence-corrected chi connectivity index (χ2v) is 7.55. The zero-order chi connectivity index (χ0) is 15.5. The van der Waals surface area contributed by atoms with Crippen LogP contribution in [0.2, 0.25) is 0 Å². The van der Waals surface area contributed by atoms with Gasteiger partial charge in [-0.05, 0) is 36.5 Å². The molecule has 2 unspecified atom stereocenters. The van der Waals surface area contributed by atoms with E-state index in [4.69, 9.17) is 24.9 Å². The van der Waals surface area contributed by atoms with Crippen molar-refractivity contribution in [3.63, 3.8) is 0 Å². The first-order valence-electron chi connectivity index (χ1n) is 6.69. The van der Waals surface area contributed by atoms with Crippen LogP contribution in [0.15, 0.2) is 23.1 Å². The van der Waals surface area contributed by atoms with Crippen LogP contribution in [0.25, 0.3) is 0 Å². The van der Waals surface area contributed by atoms with Crippen molar-refractivity contribution in [3.8, 4) is 5.75 Å². The fraction of sp³-hybridized carbons (Fsp3) is 0.571. The molecular formula is C14H19ClO5S. The Morgan fingerprint density at radius 2 is 2.14 bits per heavy atom.